The number of allylic oxidation sites excluding steroid dienone is 2. The lowest BCUT2D eigenvalue weighted by Gasteiger charge is -2.36. The molecule has 0 saturated carbocycles. The minimum atomic E-state index is 0.0293. The van der Waals surface area contributed by atoms with Crippen LogP contribution in [-0.4, -0.2) is 22.4 Å². The molecule has 19 heavy (non-hydrogen) atoms. The quantitative estimate of drug-likeness (QED) is 0.449. The van der Waals surface area contributed by atoms with Crippen molar-refractivity contribution < 1.29 is 4.74 Å². The molecule has 1 aliphatic rings. The Morgan fingerprint density at radius 3 is 2.84 bits per heavy atom. The van der Waals surface area contributed by atoms with Gasteiger partial charge in [0.05, 0.1) is 17.6 Å². The number of hydrogen-bond donors (Lipinski definition) is 0. The molecule has 0 spiro atoms. The van der Waals surface area contributed by atoms with E-state index in [2.05, 4.69) is 50.8 Å². The van der Waals surface area contributed by atoms with E-state index < -0.39 is 0 Å². The average molecular weight is 411 g/mol. The Hall–Kier alpha value is 0.250. The first kappa shape index (κ1) is 17.3. The van der Waals surface area contributed by atoms with Gasteiger partial charge in [0.2, 0.25) is 0 Å². The molecule has 1 nitrogen and oxygen atoms in total. The summed E-state index contributed by atoms with van der Waals surface area (Å²) in [6.07, 6.45) is 14.8. The summed E-state index contributed by atoms with van der Waals surface area (Å²) >= 11 is 13.6. The zero-order valence-electron chi connectivity index (χ0n) is 11.0. The Balaban J connectivity index is 2.57. The van der Waals surface area contributed by atoms with E-state index >= 15 is 0 Å². The van der Waals surface area contributed by atoms with Crippen LogP contribution < -0.4 is 0 Å². The molecule has 1 saturated heterocycles. The van der Waals surface area contributed by atoms with Gasteiger partial charge in [-0.25, -0.2) is 0 Å². The molecule has 0 bridgehead atoms. The molecule has 0 amide bonds. The Morgan fingerprint density at radius 2 is 2.21 bits per heavy atom. The normalized spacial score (nSPS) is 32.5. The predicted octanol–water partition coefficient (Wildman–Crippen LogP) is 5.17. The van der Waals surface area contributed by atoms with Gasteiger partial charge in [-0.1, -0.05) is 56.9 Å². The third-order valence-corrected chi connectivity index (χ3v) is 5.41. The van der Waals surface area contributed by atoms with Crippen molar-refractivity contribution in [2.24, 2.45) is 0 Å². The number of alkyl halides is 2. The molecule has 4 atom stereocenters. The van der Waals surface area contributed by atoms with Crippen molar-refractivity contribution in [1.29, 1.82) is 0 Å². The highest BCUT2D eigenvalue weighted by Gasteiger charge is 2.34. The molecular weight excluding hydrogens is 391 g/mol. The Morgan fingerprint density at radius 1 is 1.47 bits per heavy atom. The molecule has 0 radical (unpaired) electrons. The maximum absolute atomic E-state index is 6.35. The first-order chi connectivity index (χ1) is 9.08. The van der Waals surface area contributed by atoms with Crippen molar-refractivity contribution in [2.45, 2.75) is 55.0 Å². The molecule has 4 heteroatoms. The molecule has 0 aliphatic carbocycles. The molecule has 4 unspecified atom stereocenters. The van der Waals surface area contributed by atoms with E-state index in [0.717, 1.165) is 25.7 Å². The largest absolute Gasteiger partial charge is 0.372 e. The van der Waals surface area contributed by atoms with Crippen molar-refractivity contribution in [3.8, 4) is 12.3 Å². The Bertz CT molecular complexity index is 373. The van der Waals surface area contributed by atoms with Crippen LogP contribution in [0.5, 0.6) is 0 Å². The monoisotopic (exact) mass is 408 g/mol. The summed E-state index contributed by atoms with van der Waals surface area (Å²) in [6, 6.07) is 0. The van der Waals surface area contributed by atoms with Crippen LogP contribution in [0.25, 0.3) is 0 Å². The highest BCUT2D eigenvalue weighted by atomic mass is 79.9. The van der Waals surface area contributed by atoms with Crippen molar-refractivity contribution in [2.75, 3.05) is 0 Å². The molecule has 1 heterocycles. The summed E-state index contributed by atoms with van der Waals surface area (Å²) in [5.41, 5.74) is 0. The Kier molecular flexibility index (Phi) is 8.41. The summed E-state index contributed by atoms with van der Waals surface area (Å²) in [6.45, 7) is 2.12. The fourth-order valence-corrected chi connectivity index (χ4v) is 3.48. The fourth-order valence-electron chi connectivity index (χ4n) is 1.98. The number of hydrogen-bond acceptors (Lipinski definition) is 1. The van der Waals surface area contributed by atoms with Crippen molar-refractivity contribution in [1.82, 2.24) is 0 Å². The summed E-state index contributed by atoms with van der Waals surface area (Å²) in [4.78, 5) is 0.302. The van der Waals surface area contributed by atoms with Gasteiger partial charge in [0.25, 0.3) is 0 Å². The van der Waals surface area contributed by atoms with Crippen molar-refractivity contribution in [3.05, 3.63) is 22.7 Å². The second-order valence-corrected chi connectivity index (χ2v) is 7.28. The highest BCUT2D eigenvalue weighted by molar-refractivity contribution is 9.11. The maximum atomic E-state index is 6.35. The van der Waals surface area contributed by atoms with Crippen LogP contribution in [0.15, 0.2) is 22.7 Å². The number of terminal acetylenes is 1. The summed E-state index contributed by atoms with van der Waals surface area (Å²) < 4.78 is 7.30. The van der Waals surface area contributed by atoms with E-state index in [1.807, 2.05) is 6.08 Å². The van der Waals surface area contributed by atoms with Crippen LogP contribution in [-0.2, 0) is 4.74 Å². The van der Waals surface area contributed by atoms with Gasteiger partial charge in [0.15, 0.2) is 0 Å². The second kappa shape index (κ2) is 9.23. The van der Waals surface area contributed by atoms with Gasteiger partial charge in [0.1, 0.15) is 0 Å². The van der Waals surface area contributed by atoms with Gasteiger partial charge in [-0.3, -0.25) is 0 Å². The standard InChI is InChI=1S/C15H19Br2ClO/c1-3-5-6-7-15-13(18)10-12(17)14(19-15)9-8-11(16)4-2/h1,5-6,8,12-15H,4,7,9-10H2,2H3/b6-5-,11-8+. The van der Waals surface area contributed by atoms with Gasteiger partial charge < -0.3 is 4.74 Å². The van der Waals surface area contributed by atoms with Crippen LogP contribution in [0.2, 0.25) is 0 Å². The zero-order valence-corrected chi connectivity index (χ0v) is 14.9. The average Bonchev–Trinajstić information content (AvgIpc) is 2.39. The SMILES string of the molecule is C#C/C=C\CC1OC(C/C=C(/Br)CC)C(Br)CC1Cl. The molecule has 0 aromatic carbocycles. The number of halogens is 3. The van der Waals surface area contributed by atoms with E-state index in [0.29, 0.717) is 4.83 Å². The zero-order chi connectivity index (χ0) is 14.3. The van der Waals surface area contributed by atoms with Gasteiger partial charge in [-0.05, 0) is 36.2 Å². The van der Waals surface area contributed by atoms with Crippen LogP contribution in [0.3, 0.4) is 0 Å². The van der Waals surface area contributed by atoms with Crippen LogP contribution in [0, 0.1) is 12.3 Å². The number of rotatable bonds is 5. The third kappa shape index (κ3) is 6.04. The smallest absolute Gasteiger partial charge is 0.0778 e. The predicted molar refractivity (Wildman–Crippen MR) is 90.1 cm³/mol. The van der Waals surface area contributed by atoms with Crippen LogP contribution in [0.4, 0.5) is 0 Å². The van der Waals surface area contributed by atoms with E-state index in [4.69, 9.17) is 22.8 Å². The lowest BCUT2D eigenvalue weighted by Crippen LogP contribution is -2.42. The van der Waals surface area contributed by atoms with Gasteiger partial charge in [-0.2, -0.15) is 0 Å². The molecule has 0 aromatic rings. The van der Waals surface area contributed by atoms with E-state index in [9.17, 15) is 0 Å². The molecule has 106 valence electrons. The first-order valence-corrected chi connectivity index (χ1v) is 8.62. The molecule has 1 rings (SSSR count). The molecule has 1 aliphatic heterocycles. The topological polar surface area (TPSA) is 9.23 Å². The highest BCUT2D eigenvalue weighted by Crippen LogP contribution is 2.33. The summed E-state index contributed by atoms with van der Waals surface area (Å²) in [5, 5.41) is 0.0293. The number of ether oxygens (including phenoxy) is 1. The lowest BCUT2D eigenvalue weighted by atomic mass is 9.99. The lowest BCUT2D eigenvalue weighted by molar-refractivity contribution is -0.0370. The van der Waals surface area contributed by atoms with Crippen molar-refractivity contribution >= 4 is 43.5 Å². The minimum Gasteiger partial charge on any atom is -0.372 e. The Labute approximate surface area is 138 Å². The fraction of sp³-hybridized carbons (Fsp3) is 0.600. The second-order valence-electron chi connectivity index (χ2n) is 4.53. The van der Waals surface area contributed by atoms with Gasteiger partial charge in [-0.15, -0.1) is 18.0 Å². The van der Waals surface area contributed by atoms with E-state index in [1.165, 1.54) is 4.48 Å². The first-order valence-electron chi connectivity index (χ1n) is 6.47. The molecule has 0 aromatic heterocycles. The molecular formula is C15H19Br2ClO. The van der Waals surface area contributed by atoms with Crippen LogP contribution >= 0.6 is 43.5 Å². The van der Waals surface area contributed by atoms with Gasteiger partial charge >= 0.3 is 0 Å². The van der Waals surface area contributed by atoms with E-state index in [1.54, 1.807) is 6.08 Å². The summed E-state index contributed by atoms with van der Waals surface area (Å²) in [7, 11) is 0. The third-order valence-electron chi connectivity index (χ3n) is 3.10. The maximum Gasteiger partial charge on any atom is 0.0778 e. The van der Waals surface area contributed by atoms with E-state index in [-0.39, 0.29) is 17.6 Å². The molecule has 0 N–H and O–H groups in total. The van der Waals surface area contributed by atoms with Crippen molar-refractivity contribution in [3.63, 3.8) is 0 Å². The van der Waals surface area contributed by atoms with Gasteiger partial charge in [0, 0.05) is 4.83 Å². The van der Waals surface area contributed by atoms with Crippen LogP contribution in [0.1, 0.15) is 32.6 Å². The molecule has 1 fully saturated rings. The minimum absolute atomic E-state index is 0.0293. The summed E-state index contributed by atoms with van der Waals surface area (Å²) in [5.74, 6) is 2.49.